The molecule has 2 aromatic carbocycles. The fraction of sp³-hybridized carbons (Fsp3) is 0.100. The van der Waals surface area contributed by atoms with Crippen LogP contribution < -0.4 is 14.8 Å². The number of aliphatic hydroxyl groups excluding tert-OH is 1. The molecule has 0 saturated carbocycles. The van der Waals surface area contributed by atoms with Crippen molar-refractivity contribution < 1.29 is 19.4 Å². The van der Waals surface area contributed by atoms with Crippen LogP contribution in [0.25, 0.3) is 11.8 Å². The summed E-state index contributed by atoms with van der Waals surface area (Å²) in [6.07, 6.45) is 1.75. The number of carbonyl (C=O) groups is 1. The van der Waals surface area contributed by atoms with E-state index >= 15 is 0 Å². The molecule has 0 aliphatic carbocycles. The molecular weight excluding hydrogens is 382 g/mol. The lowest BCUT2D eigenvalue weighted by molar-refractivity contribution is -0.115. The molecule has 138 valence electrons. The Morgan fingerprint density at radius 3 is 2.78 bits per heavy atom. The maximum absolute atomic E-state index is 11.8. The van der Waals surface area contributed by atoms with Crippen LogP contribution >= 0.6 is 24.0 Å². The molecule has 1 amide bonds. The maximum Gasteiger partial charge on any atom is 0.263 e. The van der Waals surface area contributed by atoms with Gasteiger partial charge in [0, 0.05) is 5.56 Å². The number of thiocarbonyl (C=S) groups is 1. The van der Waals surface area contributed by atoms with E-state index in [9.17, 15) is 9.90 Å². The van der Waals surface area contributed by atoms with Crippen molar-refractivity contribution >= 4 is 46.0 Å². The zero-order valence-corrected chi connectivity index (χ0v) is 16.2. The van der Waals surface area contributed by atoms with Crippen LogP contribution in [0.3, 0.4) is 0 Å². The zero-order valence-electron chi connectivity index (χ0n) is 14.5. The summed E-state index contributed by atoms with van der Waals surface area (Å²) >= 11 is 6.22. The van der Waals surface area contributed by atoms with Gasteiger partial charge in [-0.25, -0.2) is 0 Å². The minimum Gasteiger partial charge on any atom is -0.508 e. The summed E-state index contributed by atoms with van der Waals surface area (Å²) in [6, 6.07) is 12.7. The van der Waals surface area contributed by atoms with E-state index in [2.05, 4.69) is 11.9 Å². The topological polar surface area (TPSA) is 67.8 Å². The fourth-order valence-corrected chi connectivity index (χ4v) is 3.51. The van der Waals surface area contributed by atoms with E-state index < -0.39 is 0 Å². The molecule has 1 aliphatic heterocycles. The predicted octanol–water partition coefficient (Wildman–Crippen LogP) is 4.29. The lowest BCUT2D eigenvalue weighted by Crippen LogP contribution is -2.17. The normalized spacial score (nSPS) is 14.9. The summed E-state index contributed by atoms with van der Waals surface area (Å²) in [7, 11) is 1.56. The predicted molar refractivity (Wildman–Crippen MR) is 112 cm³/mol. The second-order valence-corrected chi connectivity index (χ2v) is 7.42. The van der Waals surface area contributed by atoms with Crippen LogP contribution in [-0.2, 0) is 11.4 Å². The first-order valence-corrected chi connectivity index (χ1v) is 9.21. The minimum absolute atomic E-state index is 0.0140. The Morgan fingerprint density at radius 1 is 1.30 bits per heavy atom. The third kappa shape index (κ3) is 4.69. The molecule has 2 aromatic rings. The molecule has 0 radical (unpaired) electrons. The van der Waals surface area contributed by atoms with Crippen molar-refractivity contribution in [2.24, 2.45) is 0 Å². The van der Waals surface area contributed by atoms with Crippen LogP contribution in [0.4, 0.5) is 0 Å². The van der Waals surface area contributed by atoms with Crippen molar-refractivity contribution in [3.05, 3.63) is 70.6 Å². The zero-order chi connectivity index (χ0) is 19.4. The number of benzene rings is 2. The van der Waals surface area contributed by atoms with Crippen molar-refractivity contribution in [1.29, 1.82) is 0 Å². The van der Waals surface area contributed by atoms with Crippen molar-refractivity contribution in [3.8, 4) is 11.5 Å². The second kappa shape index (κ2) is 8.28. The molecule has 5 nitrogen and oxygen atoms in total. The molecule has 7 heteroatoms. The smallest absolute Gasteiger partial charge is 0.263 e. The third-order valence-corrected chi connectivity index (χ3v) is 4.94. The van der Waals surface area contributed by atoms with E-state index in [1.54, 1.807) is 31.4 Å². The number of methoxy groups -OCH3 is 1. The van der Waals surface area contributed by atoms with Crippen molar-refractivity contribution in [1.82, 2.24) is 5.32 Å². The van der Waals surface area contributed by atoms with Gasteiger partial charge in [0.1, 0.15) is 16.7 Å². The lowest BCUT2D eigenvalue weighted by Gasteiger charge is -2.12. The van der Waals surface area contributed by atoms with Gasteiger partial charge in [-0.3, -0.25) is 4.79 Å². The Hall–Kier alpha value is -2.77. The van der Waals surface area contributed by atoms with Gasteiger partial charge in [-0.15, -0.1) is 0 Å². The molecule has 1 aliphatic rings. The summed E-state index contributed by atoms with van der Waals surface area (Å²) in [4.78, 5) is 12.3. The van der Waals surface area contributed by atoms with Crippen molar-refractivity contribution in [3.63, 3.8) is 0 Å². The second-order valence-electron chi connectivity index (χ2n) is 5.70. The highest BCUT2D eigenvalue weighted by molar-refractivity contribution is 8.26. The Morgan fingerprint density at radius 2 is 2.11 bits per heavy atom. The molecule has 0 atom stereocenters. The number of thioether (sulfide) groups is 1. The highest BCUT2D eigenvalue weighted by Crippen LogP contribution is 2.32. The minimum atomic E-state index is -0.199. The van der Waals surface area contributed by atoms with Gasteiger partial charge in [-0.1, -0.05) is 54.8 Å². The molecule has 0 aromatic heterocycles. The molecule has 0 spiro atoms. The van der Waals surface area contributed by atoms with Gasteiger partial charge < -0.3 is 19.9 Å². The summed E-state index contributed by atoms with van der Waals surface area (Å²) in [5.41, 5.74) is 2.35. The van der Waals surface area contributed by atoms with Crippen molar-refractivity contribution in [2.45, 2.75) is 6.61 Å². The first-order valence-electron chi connectivity index (χ1n) is 7.99. The maximum atomic E-state index is 11.8. The molecule has 3 rings (SSSR count). The highest BCUT2D eigenvalue weighted by Gasteiger charge is 2.22. The molecule has 2 N–H and O–H groups in total. The van der Waals surface area contributed by atoms with E-state index in [0.29, 0.717) is 32.9 Å². The first kappa shape index (κ1) is 19.0. The monoisotopic (exact) mass is 399 g/mol. The number of hydrogen-bond acceptors (Lipinski definition) is 6. The fourth-order valence-electron chi connectivity index (χ4n) is 2.47. The lowest BCUT2D eigenvalue weighted by atomic mass is 10.1. The third-order valence-electron chi connectivity index (χ3n) is 3.78. The molecule has 1 heterocycles. The Kier molecular flexibility index (Phi) is 5.83. The standard InChI is InChI=1S/C20H17NO4S2/c1-12(22)15-5-3-4-14(8-15)11-25-16-7-6-13(9-17(16)24-2)10-18-19(23)21-20(26)27-18/h3-10,22H,1,11H2,2H3,(H,21,23,26)/b18-10+. The van der Waals surface area contributed by atoms with E-state index in [0.717, 1.165) is 11.1 Å². The van der Waals surface area contributed by atoms with Gasteiger partial charge in [0.25, 0.3) is 5.91 Å². The van der Waals surface area contributed by atoms with Crippen LogP contribution in [0, 0.1) is 0 Å². The molecule has 1 saturated heterocycles. The van der Waals surface area contributed by atoms with Crippen LogP contribution in [-0.4, -0.2) is 22.4 Å². The van der Waals surface area contributed by atoms with Gasteiger partial charge in [-0.05, 0) is 35.4 Å². The quantitative estimate of drug-likeness (QED) is 0.429. The average Bonchev–Trinajstić information content (AvgIpc) is 2.97. The van der Waals surface area contributed by atoms with Crippen molar-refractivity contribution in [2.75, 3.05) is 7.11 Å². The molecular formula is C20H17NO4S2. The molecule has 0 unspecified atom stereocenters. The first-order chi connectivity index (χ1) is 13.0. The van der Waals surface area contributed by atoms with Crippen LogP contribution in [0.5, 0.6) is 11.5 Å². The molecule has 1 fully saturated rings. The Labute approximate surface area is 166 Å². The number of nitrogens with one attached hydrogen (secondary N) is 1. The number of carbonyl (C=O) groups excluding carboxylic acids is 1. The molecule has 27 heavy (non-hydrogen) atoms. The van der Waals surface area contributed by atoms with Gasteiger partial charge in [-0.2, -0.15) is 0 Å². The Bertz CT molecular complexity index is 953. The van der Waals surface area contributed by atoms with Gasteiger partial charge in [0.15, 0.2) is 11.5 Å². The van der Waals surface area contributed by atoms with E-state index in [1.807, 2.05) is 24.3 Å². The largest absolute Gasteiger partial charge is 0.508 e. The van der Waals surface area contributed by atoms with Gasteiger partial charge in [0.05, 0.1) is 12.0 Å². The van der Waals surface area contributed by atoms with Gasteiger partial charge >= 0.3 is 0 Å². The van der Waals surface area contributed by atoms with Crippen LogP contribution in [0.2, 0.25) is 0 Å². The number of hydrogen-bond donors (Lipinski definition) is 2. The van der Waals surface area contributed by atoms with E-state index in [1.165, 1.54) is 11.8 Å². The van der Waals surface area contributed by atoms with Gasteiger partial charge in [0.2, 0.25) is 0 Å². The number of ether oxygens (including phenoxy) is 2. The molecule has 0 bridgehead atoms. The number of aliphatic hydroxyl groups is 1. The summed E-state index contributed by atoms with van der Waals surface area (Å²) in [5, 5.41) is 12.1. The number of amides is 1. The Balaban J connectivity index is 1.76. The summed E-state index contributed by atoms with van der Waals surface area (Å²) in [5.74, 6) is 0.944. The number of rotatable bonds is 6. The average molecular weight is 399 g/mol. The van der Waals surface area contributed by atoms with Crippen LogP contribution in [0.1, 0.15) is 16.7 Å². The summed E-state index contributed by atoms with van der Waals surface area (Å²) in [6.45, 7) is 3.83. The summed E-state index contributed by atoms with van der Waals surface area (Å²) < 4.78 is 11.7. The van der Waals surface area contributed by atoms with E-state index in [4.69, 9.17) is 21.7 Å². The van der Waals surface area contributed by atoms with E-state index in [-0.39, 0.29) is 11.7 Å². The SMILES string of the molecule is C=C(O)c1cccc(COc2ccc(/C=C3/SC(=S)NC3=O)cc2OC)c1. The highest BCUT2D eigenvalue weighted by atomic mass is 32.2. The van der Waals surface area contributed by atoms with Crippen LogP contribution in [0.15, 0.2) is 53.9 Å².